The first-order valence-electron chi connectivity index (χ1n) is 8.85. The maximum atomic E-state index is 12.8. The lowest BCUT2D eigenvalue weighted by Gasteiger charge is -2.35. The molecule has 2 aliphatic rings. The average Bonchev–Trinajstić information content (AvgIpc) is 3.10. The van der Waals surface area contributed by atoms with Crippen LogP contribution in [0.5, 0.6) is 5.88 Å². The summed E-state index contributed by atoms with van der Waals surface area (Å²) in [5.74, 6) is 0.0324. The molecule has 2 fully saturated rings. The van der Waals surface area contributed by atoms with Crippen LogP contribution in [0.15, 0.2) is 18.3 Å². The number of rotatable bonds is 6. The molecule has 3 heterocycles. The van der Waals surface area contributed by atoms with Gasteiger partial charge in [0.05, 0.1) is 18.3 Å². The lowest BCUT2D eigenvalue weighted by molar-refractivity contribution is -0.137. The molecule has 0 saturated carbocycles. The maximum Gasteiger partial charge on any atom is 0.416 e. The summed E-state index contributed by atoms with van der Waals surface area (Å²) in [5.41, 5.74) is -0.663. The van der Waals surface area contributed by atoms with Crippen molar-refractivity contribution in [2.24, 2.45) is 0 Å². The standard InChI is InChI=1S/C18H25F3N2O2/c1-13(2)25-12-17-6-3-9-23(17)15(4-7-17)11-24-16-10-14(5-8-22-16)18(19,20)21/h5,8,10,13,15H,3-4,6-7,9,11-12H2,1-2H3/t15-,17-/m0/s1. The molecule has 3 rings (SSSR count). The van der Waals surface area contributed by atoms with Crippen molar-refractivity contribution in [2.75, 3.05) is 19.8 Å². The first kappa shape index (κ1) is 18.5. The summed E-state index contributed by atoms with van der Waals surface area (Å²) in [6.07, 6.45) is 1.21. The van der Waals surface area contributed by atoms with E-state index in [4.69, 9.17) is 9.47 Å². The fraction of sp³-hybridized carbons (Fsp3) is 0.722. The van der Waals surface area contributed by atoms with Crippen LogP contribution in [0.25, 0.3) is 0 Å². The van der Waals surface area contributed by atoms with Crippen LogP contribution in [-0.2, 0) is 10.9 Å². The van der Waals surface area contributed by atoms with Gasteiger partial charge in [-0.1, -0.05) is 0 Å². The molecule has 7 heteroatoms. The van der Waals surface area contributed by atoms with Crippen LogP contribution in [0.3, 0.4) is 0 Å². The van der Waals surface area contributed by atoms with Crippen LogP contribution in [0, 0.1) is 0 Å². The largest absolute Gasteiger partial charge is 0.476 e. The molecule has 1 aromatic heterocycles. The summed E-state index contributed by atoms with van der Waals surface area (Å²) in [6.45, 7) is 6.13. The van der Waals surface area contributed by atoms with Crippen LogP contribution in [0.1, 0.15) is 45.1 Å². The van der Waals surface area contributed by atoms with Gasteiger partial charge in [-0.2, -0.15) is 13.2 Å². The number of pyridine rings is 1. The smallest absolute Gasteiger partial charge is 0.416 e. The van der Waals surface area contributed by atoms with E-state index in [1.165, 1.54) is 0 Å². The Hall–Kier alpha value is -1.34. The summed E-state index contributed by atoms with van der Waals surface area (Å²) < 4.78 is 49.8. The van der Waals surface area contributed by atoms with Gasteiger partial charge in [0.15, 0.2) is 0 Å². The Labute approximate surface area is 146 Å². The molecule has 2 aliphatic heterocycles. The van der Waals surface area contributed by atoms with Gasteiger partial charge in [-0.05, 0) is 52.1 Å². The molecule has 25 heavy (non-hydrogen) atoms. The van der Waals surface area contributed by atoms with Gasteiger partial charge >= 0.3 is 6.18 Å². The Balaban J connectivity index is 1.61. The Morgan fingerprint density at radius 2 is 2.16 bits per heavy atom. The highest BCUT2D eigenvalue weighted by molar-refractivity contribution is 5.23. The third-order valence-corrected chi connectivity index (χ3v) is 5.21. The second-order valence-electron chi connectivity index (χ2n) is 7.27. The number of aromatic nitrogens is 1. The number of fused-ring (bicyclic) bond motifs is 1. The van der Waals surface area contributed by atoms with Gasteiger partial charge < -0.3 is 9.47 Å². The van der Waals surface area contributed by atoms with E-state index in [9.17, 15) is 13.2 Å². The second kappa shape index (κ2) is 7.11. The van der Waals surface area contributed by atoms with E-state index in [1.807, 2.05) is 13.8 Å². The van der Waals surface area contributed by atoms with Gasteiger partial charge in [-0.15, -0.1) is 0 Å². The van der Waals surface area contributed by atoms with Gasteiger partial charge in [0.25, 0.3) is 0 Å². The number of hydrogen-bond donors (Lipinski definition) is 0. The van der Waals surface area contributed by atoms with E-state index in [0.717, 1.165) is 50.6 Å². The Bertz CT molecular complexity index is 594. The van der Waals surface area contributed by atoms with Gasteiger partial charge in [-0.25, -0.2) is 4.98 Å². The minimum absolute atomic E-state index is 0.0324. The first-order chi connectivity index (χ1) is 11.8. The van der Waals surface area contributed by atoms with E-state index >= 15 is 0 Å². The summed E-state index contributed by atoms with van der Waals surface area (Å²) in [6, 6.07) is 2.13. The normalized spacial score (nSPS) is 27.0. The number of alkyl halides is 3. The van der Waals surface area contributed by atoms with E-state index in [-0.39, 0.29) is 23.6 Å². The Kier molecular flexibility index (Phi) is 5.25. The summed E-state index contributed by atoms with van der Waals surface area (Å²) in [4.78, 5) is 6.34. The van der Waals surface area contributed by atoms with E-state index in [1.54, 1.807) is 0 Å². The highest BCUT2D eigenvalue weighted by atomic mass is 19.4. The molecule has 0 radical (unpaired) electrons. The molecular weight excluding hydrogens is 333 g/mol. The molecule has 0 bridgehead atoms. The van der Waals surface area contributed by atoms with Crippen molar-refractivity contribution in [3.05, 3.63) is 23.9 Å². The van der Waals surface area contributed by atoms with Crippen molar-refractivity contribution in [1.29, 1.82) is 0 Å². The fourth-order valence-corrected chi connectivity index (χ4v) is 3.96. The topological polar surface area (TPSA) is 34.6 Å². The number of nitrogens with zero attached hydrogens (tertiary/aromatic N) is 2. The molecular formula is C18H25F3N2O2. The molecule has 1 aromatic rings. The average molecular weight is 358 g/mol. The van der Waals surface area contributed by atoms with Crippen LogP contribution in [0.2, 0.25) is 0 Å². The third-order valence-electron chi connectivity index (χ3n) is 5.21. The lowest BCUT2D eigenvalue weighted by Crippen LogP contribution is -2.47. The molecule has 2 atom stereocenters. The molecule has 0 N–H and O–H groups in total. The zero-order valence-electron chi connectivity index (χ0n) is 14.7. The number of hydrogen-bond acceptors (Lipinski definition) is 4. The van der Waals surface area contributed by atoms with Crippen molar-refractivity contribution in [3.8, 4) is 5.88 Å². The van der Waals surface area contributed by atoms with Crippen LogP contribution in [0.4, 0.5) is 13.2 Å². The summed E-state index contributed by atoms with van der Waals surface area (Å²) in [7, 11) is 0. The van der Waals surface area contributed by atoms with Gasteiger partial charge in [-0.3, -0.25) is 4.90 Å². The summed E-state index contributed by atoms with van der Waals surface area (Å²) in [5, 5.41) is 0. The van der Waals surface area contributed by atoms with Gasteiger partial charge in [0, 0.05) is 23.8 Å². The highest BCUT2D eigenvalue weighted by Gasteiger charge is 2.49. The van der Waals surface area contributed by atoms with Crippen LogP contribution in [-0.4, -0.2) is 47.3 Å². The number of halogens is 3. The van der Waals surface area contributed by atoms with E-state index < -0.39 is 11.7 Å². The van der Waals surface area contributed by atoms with Crippen molar-refractivity contribution in [2.45, 2.75) is 63.4 Å². The van der Waals surface area contributed by atoms with E-state index in [2.05, 4.69) is 9.88 Å². The monoisotopic (exact) mass is 358 g/mol. The van der Waals surface area contributed by atoms with E-state index in [0.29, 0.717) is 13.2 Å². The molecule has 4 nitrogen and oxygen atoms in total. The lowest BCUT2D eigenvalue weighted by atomic mass is 9.95. The quantitative estimate of drug-likeness (QED) is 0.772. The minimum Gasteiger partial charge on any atom is -0.476 e. The Morgan fingerprint density at radius 3 is 2.88 bits per heavy atom. The van der Waals surface area contributed by atoms with Gasteiger partial charge in [0.1, 0.15) is 6.61 Å². The van der Waals surface area contributed by atoms with Crippen LogP contribution >= 0.6 is 0 Å². The fourth-order valence-electron chi connectivity index (χ4n) is 3.96. The first-order valence-corrected chi connectivity index (χ1v) is 8.85. The minimum atomic E-state index is -4.38. The SMILES string of the molecule is CC(C)OC[C@@]12CCCN1[C@H](COc1cc(C(F)(F)F)ccn1)CC2. The number of ether oxygens (including phenoxy) is 2. The maximum absolute atomic E-state index is 12.8. The molecule has 0 aromatic carbocycles. The zero-order valence-corrected chi connectivity index (χ0v) is 14.7. The van der Waals surface area contributed by atoms with Crippen molar-refractivity contribution in [1.82, 2.24) is 9.88 Å². The highest BCUT2D eigenvalue weighted by Crippen LogP contribution is 2.43. The van der Waals surface area contributed by atoms with Crippen molar-refractivity contribution >= 4 is 0 Å². The second-order valence-corrected chi connectivity index (χ2v) is 7.27. The predicted molar refractivity (Wildman–Crippen MR) is 87.5 cm³/mol. The third kappa shape index (κ3) is 4.08. The van der Waals surface area contributed by atoms with Crippen LogP contribution < -0.4 is 4.74 Å². The molecule has 0 amide bonds. The zero-order chi connectivity index (χ0) is 18.1. The molecule has 140 valence electrons. The predicted octanol–water partition coefficient (Wildman–Crippen LogP) is 3.90. The van der Waals surface area contributed by atoms with Crippen molar-refractivity contribution in [3.63, 3.8) is 0 Å². The van der Waals surface area contributed by atoms with Crippen molar-refractivity contribution < 1.29 is 22.6 Å². The Morgan fingerprint density at radius 1 is 1.36 bits per heavy atom. The molecule has 0 aliphatic carbocycles. The molecule has 2 saturated heterocycles. The van der Waals surface area contributed by atoms with Gasteiger partial charge in [0.2, 0.25) is 5.88 Å². The summed E-state index contributed by atoms with van der Waals surface area (Å²) >= 11 is 0. The molecule has 0 unspecified atom stereocenters. The molecule has 0 spiro atoms.